The predicted octanol–water partition coefficient (Wildman–Crippen LogP) is 3.75. The Hall–Kier alpha value is -2.12. The van der Waals surface area contributed by atoms with Gasteiger partial charge in [0.25, 0.3) is 0 Å². The van der Waals surface area contributed by atoms with Crippen LogP contribution >= 0.6 is 11.3 Å². The number of hydrogen-bond acceptors (Lipinski definition) is 6. The van der Waals surface area contributed by atoms with Crippen LogP contribution in [-0.2, 0) is 11.2 Å². The summed E-state index contributed by atoms with van der Waals surface area (Å²) in [6.07, 6.45) is 4.09. The van der Waals surface area contributed by atoms with E-state index in [0.717, 1.165) is 29.4 Å². The van der Waals surface area contributed by atoms with Gasteiger partial charge in [-0.25, -0.2) is 4.98 Å². The van der Waals surface area contributed by atoms with Crippen LogP contribution in [0.2, 0.25) is 0 Å². The number of benzene rings is 1. The number of hydrogen-bond donors (Lipinski definition) is 1. The SMILES string of the molecule is COc1ccc(-c2nc(CC(=O)NCC(C)(C)N3CCCCC3)cs2)cc1OC. The Morgan fingerprint density at radius 3 is 2.59 bits per heavy atom. The maximum absolute atomic E-state index is 12.5. The first kappa shape index (κ1) is 21.6. The quantitative estimate of drug-likeness (QED) is 0.709. The highest BCUT2D eigenvalue weighted by Crippen LogP contribution is 2.33. The molecule has 2 heterocycles. The van der Waals surface area contributed by atoms with E-state index in [-0.39, 0.29) is 11.4 Å². The van der Waals surface area contributed by atoms with Gasteiger partial charge in [-0.3, -0.25) is 9.69 Å². The average molecular weight is 418 g/mol. The molecule has 1 fully saturated rings. The van der Waals surface area contributed by atoms with Crippen molar-refractivity contribution in [3.05, 3.63) is 29.3 Å². The molecular weight excluding hydrogens is 386 g/mol. The largest absolute Gasteiger partial charge is 0.493 e. The van der Waals surface area contributed by atoms with Crippen molar-refractivity contribution < 1.29 is 14.3 Å². The summed E-state index contributed by atoms with van der Waals surface area (Å²) < 4.78 is 10.7. The average Bonchev–Trinajstić information content (AvgIpc) is 3.21. The molecule has 29 heavy (non-hydrogen) atoms. The molecule has 7 heteroatoms. The zero-order chi connectivity index (χ0) is 20.9. The fourth-order valence-electron chi connectivity index (χ4n) is 3.64. The maximum atomic E-state index is 12.5. The number of carbonyl (C=O) groups is 1. The lowest BCUT2D eigenvalue weighted by molar-refractivity contribution is -0.121. The zero-order valence-corrected chi connectivity index (χ0v) is 18.6. The fourth-order valence-corrected chi connectivity index (χ4v) is 4.46. The van der Waals surface area contributed by atoms with E-state index < -0.39 is 0 Å². The third-order valence-corrected chi connectivity index (χ3v) is 6.39. The number of ether oxygens (including phenoxy) is 2. The minimum absolute atomic E-state index is 0.0132. The van der Waals surface area contributed by atoms with Crippen molar-refractivity contribution in [3.8, 4) is 22.1 Å². The van der Waals surface area contributed by atoms with Gasteiger partial charge in [0, 0.05) is 23.0 Å². The van der Waals surface area contributed by atoms with Crippen LogP contribution < -0.4 is 14.8 Å². The highest BCUT2D eigenvalue weighted by Gasteiger charge is 2.28. The van der Waals surface area contributed by atoms with Crippen molar-refractivity contribution in [2.75, 3.05) is 33.9 Å². The fraction of sp³-hybridized carbons (Fsp3) is 0.545. The van der Waals surface area contributed by atoms with E-state index in [1.54, 1.807) is 14.2 Å². The lowest BCUT2D eigenvalue weighted by atomic mass is 9.98. The summed E-state index contributed by atoms with van der Waals surface area (Å²) in [5.41, 5.74) is 1.71. The normalized spacial score (nSPS) is 15.2. The van der Waals surface area contributed by atoms with Gasteiger partial charge in [0.05, 0.1) is 26.3 Å². The summed E-state index contributed by atoms with van der Waals surface area (Å²) in [4.78, 5) is 19.6. The molecule has 6 nitrogen and oxygen atoms in total. The van der Waals surface area contributed by atoms with Crippen molar-refractivity contribution >= 4 is 17.2 Å². The Morgan fingerprint density at radius 1 is 1.17 bits per heavy atom. The summed E-state index contributed by atoms with van der Waals surface area (Å²) in [7, 11) is 3.23. The van der Waals surface area contributed by atoms with Crippen LogP contribution in [0.1, 0.15) is 38.8 Å². The van der Waals surface area contributed by atoms with Gasteiger partial charge in [0.15, 0.2) is 11.5 Å². The summed E-state index contributed by atoms with van der Waals surface area (Å²) in [6.45, 7) is 7.29. The number of likely N-dealkylation sites (tertiary alicyclic amines) is 1. The van der Waals surface area contributed by atoms with Crippen LogP contribution in [0.4, 0.5) is 0 Å². The summed E-state index contributed by atoms with van der Waals surface area (Å²) in [5.74, 6) is 1.36. The predicted molar refractivity (Wildman–Crippen MR) is 117 cm³/mol. The number of thiazole rings is 1. The van der Waals surface area contributed by atoms with Crippen LogP contribution in [0.15, 0.2) is 23.6 Å². The molecule has 1 aromatic heterocycles. The molecule has 1 aromatic carbocycles. The maximum Gasteiger partial charge on any atom is 0.226 e. The number of aromatic nitrogens is 1. The zero-order valence-electron chi connectivity index (χ0n) is 17.8. The topological polar surface area (TPSA) is 63.7 Å². The van der Waals surface area contributed by atoms with E-state index in [1.807, 2.05) is 23.6 Å². The highest BCUT2D eigenvalue weighted by atomic mass is 32.1. The highest BCUT2D eigenvalue weighted by molar-refractivity contribution is 7.13. The third-order valence-electron chi connectivity index (χ3n) is 5.45. The van der Waals surface area contributed by atoms with Gasteiger partial charge in [-0.1, -0.05) is 6.42 Å². The van der Waals surface area contributed by atoms with Crippen molar-refractivity contribution in [2.24, 2.45) is 0 Å². The van der Waals surface area contributed by atoms with Gasteiger partial charge in [0.2, 0.25) is 5.91 Å². The second-order valence-electron chi connectivity index (χ2n) is 8.03. The molecule has 0 saturated carbocycles. The standard InChI is InChI=1S/C22H31N3O3S/c1-22(2,25-10-6-5-7-11-25)15-23-20(26)13-17-14-29-21(24-17)16-8-9-18(27-3)19(12-16)28-4/h8-9,12,14H,5-7,10-11,13,15H2,1-4H3,(H,23,26). The van der Waals surface area contributed by atoms with Crippen LogP contribution in [0, 0.1) is 0 Å². The number of rotatable bonds is 8. The van der Waals surface area contributed by atoms with E-state index in [1.165, 1.54) is 30.6 Å². The minimum atomic E-state index is -0.0248. The van der Waals surface area contributed by atoms with Crippen LogP contribution in [0.25, 0.3) is 10.6 Å². The first-order valence-corrected chi connectivity index (χ1v) is 11.0. The van der Waals surface area contributed by atoms with Gasteiger partial charge < -0.3 is 14.8 Å². The van der Waals surface area contributed by atoms with Crippen LogP contribution in [0.5, 0.6) is 11.5 Å². The van der Waals surface area contributed by atoms with Crippen LogP contribution in [-0.4, -0.2) is 55.2 Å². The Labute approximate surface area is 177 Å². The molecule has 2 aromatic rings. The van der Waals surface area contributed by atoms with E-state index in [0.29, 0.717) is 24.5 Å². The molecule has 0 unspecified atom stereocenters. The van der Waals surface area contributed by atoms with E-state index >= 15 is 0 Å². The molecule has 1 aliphatic heterocycles. The molecule has 1 N–H and O–H groups in total. The monoisotopic (exact) mass is 417 g/mol. The number of amides is 1. The lowest BCUT2D eigenvalue weighted by Crippen LogP contribution is -2.53. The second kappa shape index (κ2) is 9.59. The molecule has 1 amide bonds. The van der Waals surface area contributed by atoms with Gasteiger partial charge in [0.1, 0.15) is 5.01 Å². The molecule has 0 atom stereocenters. The summed E-state index contributed by atoms with van der Waals surface area (Å²) in [5, 5.41) is 5.91. The van der Waals surface area contributed by atoms with Crippen molar-refractivity contribution in [1.29, 1.82) is 0 Å². The number of methoxy groups -OCH3 is 2. The molecule has 0 bridgehead atoms. The molecule has 3 rings (SSSR count). The van der Waals surface area contributed by atoms with Gasteiger partial charge in [-0.05, 0) is 58.0 Å². The molecule has 0 spiro atoms. The first-order valence-electron chi connectivity index (χ1n) is 10.1. The van der Waals surface area contributed by atoms with E-state index in [9.17, 15) is 4.79 Å². The Morgan fingerprint density at radius 2 is 1.90 bits per heavy atom. The van der Waals surface area contributed by atoms with Gasteiger partial charge in [-0.2, -0.15) is 0 Å². The van der Waals surface area contributed by atoms with Gasteiger partial charge in [-0.15, -0.1) is 11.3 Å². The number of nitrogens with zero attached hydrogens (tertiary/aromatic N) is 2. The molecular formula is C22H31N3O3S. The first-order chi connectivity index (χ1) is 13.9. The van der Waals surface area contributed by atoms with Crippen molar-refractivity contribution in [2.45, 2.75) is 45.1 Å². The molecule has 1 saturated heterocycles. The second-order valence-corrected chi connectivity index (χ2v) is 8.89. The Balaban J connectivity index is 1.57. The number of carbonyl (C=O) groups excluding carboxylic acids is 1. The smallest absolute Gasteiger partial charge is 0.226 e. The molecule has 0 radical (unpaired) electrons. The number of piperidine rings is 1. The number of nitrogens with one attached hydrogen (secondary N) is 1. The molecule has 158 valence electrons. The summed E-state index contributed by atoms with van der Waals surface area (Å²) >= 11 is 1.53. The third kappa shape index (κ3) is 5.48. The summed E-state index contributed by atoms with van der Waals surface area (Å²) in [6, 6.07) is 5.72. The minimum Gasteiger partial charge on any atom is -0.493 e. The van der Waals surface area contributed by atoms with E-state index in [4.69, 9.17) is 9.47 Å². The Kier molecular flexibility index (Phi) is 7.14. The van der Waals surface area contributed by atoms with E-state index in [2.05, 4.69) is 29.0 Å². The molecule has 1 aliphatic rings. The van der Waals surface area contributed by atoms with Crippen molar-refractivity contribution in [1.82, 2.24) is 15.2 Å². The van der Waals surface area contributed by atoms with Gasteiger partial charge >= 0.3 is 0 Å². The lowest BCUT2D eigenvalue weighted by Gasteiger charge is -2.41. The Bertz CT molecular complexity index is 828. The van der Waals surface area contributed by atoms with Crippen molar-refractivity contribution in [3.63, 3.8) is 0 Å². The van der Waals surface area contributed by atoms with Crippen LogP contribution in [0.3, 0.4) is 0 Å². The molecule has 0 aliphatic carbocycles.